The van der Waals surface area contributed by atoms with Crippen LogP contribution in [0.5, 0.6) is 0 Å². The lowest BCUT2D eigenvalue weighted by atomic mass is 9.84. The van der Waals surface area contributed by atoms with E-state index >= 15 is 0 Å². The lowest BCUT2D eigenvalue weighted by Crippen LogP contribution is -2.17. The molecule has 0 saturated heterocycles. The summed E-state index contributed by atoms with van der Waals surface area (Å²) in [6, 6.07) is 114. The van der Waals surface area contributed by atoms with Crippen molar-refractivity contribution < 1.29 is 0 Å². The Labute approximate surface area is 491 Å². The van der Waals surface area contributed by atoms with Gasteiger partial charge in [0.2, 0.25) is 0 Å². The zero-order valence-electron chi connectivity index (χ0n) is 46.5. The van der Waals surface area contributed by atoms with Crippen molar-refractivity contribution in [3.8, 4) is 66.8 Å². The zero-order chi connectivity index (χ0) is 55.8. The van der Waals surface area contributed by atoms with Crippen LogP contribution in [-0.4, -0.2) is 0 Å². The third-order valence-corrected chi connectivity index (χ3v) is 16.9. The second-order valence-corrected chi connectivity index (χ2v) is 21.8. The van der Waals surface area contributed by atoms with Crippen molar-refractivity contribution in [2.75, 3.05) is 9.80 Å². The number of hydrogen-bond acceptors (Lipinski definition) is 2. The molecule has 0 fully saturated rings. The number of fused-ring (bicyclic) bond motifs is 4. The highest BCUT2D eigenvalue weighted by Gasteiger charge is 2.23. The molecule has 14 aromatic rings. The first-order valence-corrected chi connectivity index (χ1v) is 29.2. The molecule has 396 valence electrons. The smallest absolute Gasteiger partial charge is 0.0467 e. The topological polar surface area (TPSA) is 6.48 Å². The maximum absolute atomic E-state index is 2.45. The van der Waals surface area contributed by atoms with Crippen LogP contribution in [0.25, 0.3) is 110 Å². The highest BCUT2D eigenvalue weighted by molar-refractivity contribution is 6.23. The fraction of sp³-hybridized carbons (Fsp3) is 0.0244. The van der Waals surface area contributed by atoms with Crippen molar-refractivity contribution in [2.45, 2.75) is 12.8 Å². The summed E-state index contributed by atoms with van der Waals surface area (Å²) < 4.78 is 0. The van der Waals surface area contributed by atoms with Crippen LogP contribution in [0.3, 0.4) is 0 Å². The van der Waals surface area contributed by atoms with Crippen LogP contribution in [0.1, 0.15) is 12.8 Å². The molecule has 0 saturated carbocycles. The molecule has 0 unspecified atom stereocenters. The van der Waals surface area contributed by atoms with E-state index in [1.807, 2.05) is 0 Å². The van der Waals surface area contributed by atoms with E-state index in [4.69, 9.17) is 0 Å². The van der Waals surface area contributed by atoms with Crippen molar-refractivity contribution in [3.05, 3.63) is 333 Å². The first-order chi connectivity index (χ1) is 41.7. The van der Waals surface area contributed by atoms with Crippen LogP contribution in [0.4, 0.5) is 28.4 Å². The molecular formula is C82H58N2. The van der Waals surface area contributed by atoms with Crippen LogP contribution in [0, 0.1) is 0 Å². The average Bonchev–Trinajstić information content (AvgIpc) is 2.02. The van der Waals surface area contributed by atoms with Crippen LogP contribution >= 0.6 is 0 Å². The molecule has 1 aliphatic rings. The predicted molar refractivity (Wildman–Crippen MR) is 359 cm³/mol. The lowest BCUT2D eigenvalue weighted by Gasteiger charge is -2.29. The Morgan fingerprint density at radius 2 is 0.500 bits per heavy atom. The second-order valence-electron chi connectivity index (χ2n) is 21.8. The first-order valence-electron chi connectivity index (χ1n) is 29.2. The molecule has 0 aliphatic heterocycles. The van der Waals surface area contributed by atoms with E-state index in [9.17, 15) is 0 Å². The summed E-state index contributed by atoms with van der Waals surface area (Å²) in [5.41, 5.74) is 21.4. The minimum absolute atomic E-state index is 0.966. The molecule has 0 aromatic heterocycles. The van der Waals surface area contributed by atoms with E-state index < -0.39 is 0 Å². The van der Waals surface area contributed by atoms with Gasteiger partial charge in [0.15, 0.2) is 0 Å². The van der Waals surface area contributed by atoms with E-state index in [1.54, 1.807) is 0 Å². The fourth-order valence-corrected chi connectivity index (χ4v) is 13.1. The van der Waals surface area contributed by atoms with Gasteiger partial charge in [-0.05, 0) is 189 Å². The van der Waals surface area contributed by atoms with Gasteiger partial charge in [0, 0.05) is 34.1 Å². The first kappa shape index (κ1) is 50.2. The largest absolute Gasteiger partial charge is 0.314 e. The minimum Gasteiger partial charge on any atom is -0.314 e. The van der Waals surface area contributed by atoms with Gasteiger partial charge in [-0.3, -0.25) is 0 Å². The molecule has 0 amide bonds. The molecule has 1 aliphatic carbocycles. The number of benzene rings is 14. The summed E-state index contributed by atoms with van der Waals surface area (Å²) in [5.74, 6) is 0. The summed E-state index contributed by atoms with van der Waals surface area (Å²) in [7, 11) is 0. The molecule has 0 atom stereocenters. The van der Waals surface area contributed by atoms with Gasteiger partial charge in [-0.1, -0.05) is 261 Å². The van der Waals surface area contributed by atoms with Gasteiger partial charge in [0.25, 0.3) is 0 Å². The summed E-state index contributed by atoms with van der Waals surface area (Å²) in [5, 5.41) is 9.82. The number of rotatable bonds is 12. The molecule has 2 heteroatoms. The van der Waals surface area contributed by atoms with E-state index in [-0.39, 0.29) is 0 Å². The molecule has 0 spiro atoms. The van der Waals surface area contributed by atoms with Crippen LogP contribution in [-0.2, 0) is 0 Å². The van der Waals surface area contributed by atoms with E-state index in [0.29, 0.717) is 0 Å². The maximum atomic E-state index is 2.45. The number of hydrogen-bond donors (Lipinski definition) is 0. The Hall–Kier alpha value is -10.8. The van der Waals surface area contributed by atoms with Gasteiger partial charge in [-0.25, -0.2) is 0 Å². The van der Waals surface area contributed by atoms with Gasteiger partial charge in [-0.15, -0.1) is 0 Å². The Morgan fingerprint density at radius 3 is 0.881 bits per heavy atom. The Kier molecular flexibility index (Phi) is 13.1. The molecule has 84 heavy (non-hydrogen) atoms. The third kappa shape index (κ3) is 9.21. The number of anilines is 5. The summed E-state index contributed by atoms with van der Waals surface area (Å²) in [6.45, 7) is 0. The molecule has 0 heterocycles. The molecule has 0 radical (unpaired) electrons. The molecule has 0 N–H and O–H groups in total. The van der Waals surface area contributed by atoms with E-state index in [1.165, 1.54) is 116 Å². The highest BCUT2D eigenvalue weighted by atomic mass is 15.2. The normalized spacial score (nSPS) is 12.2. The molecule has 0 bridgehead atoms. The Morgan fingerprint density at radius 1 is 0.214 bits per heavy atom. The van der Waals surface area contributed by atoms with Gasteiger partial charge in [0.05, 0.1) is 0 Å². The monoisotopic (exact) mass is 1070 g/mol. The number of para-hydroxylation sites is 1. The van der Waals surface area contributed by atoms with Crippen molar-refractivity contribution in [1.29, 1.82) is 0 Å². The number of nitrogens with zero attached hydrogens (tertiary/aromatic N) is 2. The van der Waals surface area contributed by atoms with Crippen LogP contribution in [0.2, 0.25) is 0 Å². The number of allylic oxidation sites excluding steroid dienone is 4. The van der Waals surface area contributed by atoms with Gasteiger partial charge in [-0.2, -0.15) is 0 Å². The second kappa shape index (κ2) is 21.9. The van der Waals surface area contributed by atoms with Crippen LogP contribution in [0.15, 0.2) is 333 Å². The third-order valence-electron chi connectivity index (χ3n) is 16.9. The SMILES string of the molecule is C1=CCCC(N(c2ccc(-c3ccccc3)cc2)c2cccc(-c3c4ccccc4c(-c4ccc(-c5c6ccccc6c(-c6cccc(N(c7ccccc7)c7ccc(-c8ccccc8)cc7)c6)c6ccccc56)cc4)c4ccccc34)c2)=C1. The summed E-state index contributed by atoms with van der Waals surface area (Å²) in [4.78, 5) is 4.82. The predicted octanol–water partition coefficient (Wildman–Crippen LogP) is 23.1. The van der Waals surface area contributed by atoms with Gasteiger partial charge < -0.3 is 9.80 Å². The van der Waals surface area contributed by atoms with E-state index in [0.717, 1.165) is 41.3 Å². The Balaban J connectivity index is 0.819. The molecule has 2 nitrogen and oxygen atoms in total. The minimum atomic E-state index is 0.966. The average molecular weight is 1070 g/mol. The summed E-state index contributed by atoms with van der Waals surface area (Å²) in [6.07, 6.45) is 8.72. The maximum Gasteiger partial charge on any atom is 0.0467 e. The Bertz CT molecular complexity index is 4680. The molecular weight excluding hydrogens is 1010 g/mol. The van der Waals surface area contributed by atoms with Crippen molar-refractivity contribution >= 4 is 71.5 Å². The quantitative estimate of drug-likeness (QED) is 0.113. The van der Waals surface area contributed by atoms with Gasteiger partial charge in [0.1, 0.15) is 0 Å². The highest BCUT2D eigenvalue weighted by Crippen LogP contribution is 2.49. The van der Waals surface area contributed by atoms with Crippen LogP contribution < -0.4 is 9.80 Å². The fourth-order valence-electron chi connectivity index (χ4n) is 13.1. The van der Waals surface area contributed by atoms with Crippen molar-refractivity contribution in [3.63, 3.8) is 0 Å². The van der Waals surface area contributed by atoms with E-state index in [2.05, 4.69) is 337 Å². The van der Waals surface area contributed by atoms with Gasteiger partial charge >= 0.3 is 0 Å². The summed E-state index contributed by atoms with van der Waals surface area (Å²) >= 11 is 0. The van der Waals surface area contributed by atoms with Crippen molar-refractivity contribution in [1.82, 2.24) is 0 Å². The lowest BCUT2D eigenvalue weighted by molar-refractivity contribution is 0.918. The van der Waals surface area contributed by atoms with Crippen molar-refractivity contribution in [2.24, 2.45) is 0 Å². The zero-order valence-corrected chi connectivity index (χ0v) is 46.5. The molecule has 14 aromatic carbocycles. The molecule has 15 rings (SSSR count). The standard InChI is InChI=1S/C82H58N2/c1-5-23-57(24-6-1)59-47-51-67(52-48-59)83(65-29-9-3-10-30-65)69-33-21-27-63(55-69)81-75-39-17-13-35-71(75)79(72-36-14-18-40-76(72)81)61-43-45-62(46-44-61)80-73-37-15-19-41-77(73)82(78-42-20-16-38-74(78)80)64-28-22-34-70(56-64)84(66-31-11-4-12-32-66)68-53-49-60(50-54-68)58-25-7-2-8-26-58/h1-11,13-31,33-56H,12,32H2.